The van der Waals surface area contributed by atoms with Gasteiger partial charge in [-0.2, -0.15) is 0 Å². The van der Waals surface area contributed by atoms with Gasteiger partial charge in [0.05, 0.1) is 0 Å². The molecule has 19 heavy (non-hydrogen) atoms. The Morgan fingerprint density at radius 3 is 2.63 bits per heavy atom. The minimum absolute atomic E-state index is 0.108. The SMILES string of the molecule is CC(C)CCC(C)NCC1COc2ccccc2O1. The second kappa shape index (κ2) is 6.80. The molecule has 2 atom stereocenters. The zero-order chi connectivity index (χ0) is 13.7. The highest BCUT2D eigenvalue weighted by Crippen LogP contribution is 2.30. The van der Waals surface area contributed by atoms with Crippen LogP contribution in [0.3, 0.4) is 0 Å². The van der Waals surface area contributed by atoms with Gasteiger partial charge in [-0.25, -0.2) is 0 Å². The fourth-order valence-corrected chi connectivity index (χ4v) is 2.18. The Kier molecular flexibility index (Phi) is 5.08. The molecule has 1 aliphatic heterocycles. The topological polar surface area (TPSA) is 30.5 Å². The van der Waals surface area contributed by atoms with Crippen LogP contribution >= 0.6 is 0 Å². The number of para-hydroxylation sites is 2. The van der Waals surface area contributed by atoms with E-state index in [0.29, 0.717) is 12.6 Å². The minimum atomic E-state index is 0.108. The molecule has 2 rings (SSSR count). The summed E-state index contributed by atoms with van der Waals surface area (Å²) >= 11 is 0. The third kappa shape index (κ3) is 4.43. The summed E-state index contributed by atoms with van der Waals surface area (Å²) in [5, 5.41) is 3.53. The predicted molar refractivity (Wildman–Crippen MR) is 77.9 cm³/mol. The Morgan fingerprint density at radius 2 is 1.89 bits per heavy atom. The van der Waals surface area contributed by atoms with Crippen LogP contribution in [0.5, 0.6) is 11.5 Å². The summed E-state index contributed by atoms with van der Waals surface area (Å²) in [6.45, 7) is 8.23. The van der Waals surface area contributed by atoms with E-state index in [2.05, 4.69) is 26.1 Å². The Morgan fingerprint density at radius 1 is 1.16 bits per heavy atom. The maximum Gasteiger partial charge on any atom is 0.161 e. The van der Waals surface area contributed by atoms with Crippen molar-refractivity contribution in [3.05, 3.63) is 24.3 Å². The molecule has 0 fully saturated rings. The van der Waals surface area contributed by atoms with Crippen LogP contribution in [0.2, 0.25) is 0 Å². The van der Waals surface area contributed by atoms with E-state index in [1.54, 1.807) is 0 Å². The molecule has 1 aliphatic rings. The van der Waals surface area contributed by atoms with Crippen LogP contribution in [-0.4, -0.2) is 25.3 Å². The van der Waals surface area contributed by atoms with Crippen molar-refractivity contribution < 1.29 is 9.47 Å². The normalized spacial score (nSPS) is 19.5. The molecular weight excluding hydrogens is 238 g/mol. The first-order valence-electron chi connectivity index (χ1n) is 7.27. The van der Waals surface area contributed by atoms with E-state index in [9.17, 15) is 0 Å². The Bertz CT molecular complexity index is 392. The Labute approximate surface area is 116 Å². The summed E-state index contributed by atoms with van der Waals surface area (Å²) in [6.07, 6.45) is 2.58. The van der Waals surface area contributed by atoms with E-state index in [1.807, 2.05) is 24.3 Å². The monoisotopic (exact) mass is 263 g/mol. The van der Waals surface area contributed by atoms with Gasteiger partial charge in [-0.15, -0.1) is 0 Å². The lowest BCUT2D eigenvalue weighted by Gasteiger charge is -2.27. The molecule has 3 nitrogen and oxygen atoms in total. The largest absolute Gasteiger partial charge is 0.486 e. The van der Waals surface area contributed by atoms with Crippen LogP contribution in [0.4, 0.5) is 0 Å². The van der Waals surface area contributed by atoms with Crippen molar-refractivity contribution in [2.75, 3.05) is 13.2 Å². The van der Waals surface area contributed by atoms with Crippen molar-refractivity contribution in [1.82, 2.24) is 5.32 Å². The van der Waals surface area contributed by atoms with Crippen LogP contribution in [0.25, 0.3) is 0 Å². The maximum absolute atomic E-state index is 5.92. The van der Waals surface area contributed by atoms with E-state index in [-0.39, 0.29) is 6.10 Å². The quantitative estimate of drug-likeness (QED) is 0.854. The Balaban J connectivity index is 1.73. The van der Waals surface area contributed by atoms with Gasteiger partial charge in [-0.3, -0.25) is 0 Å². The van der Waals surface area contributed by atoms with Crippen LogP contribution < -0.4 is 14.8 Å². The van der Waals surface area contributed by atoms with Gasteiger partial charge in [-0.05, 0) is 37.8 Å². The van der Waals surface area contributed by atoms with Gasteiger partial charge in [0.2, 0.25) is 0 Å². The summed E-state index contributed by atoms with van der Waals surface area (Å²) in [5.41, 5.74) is 0. The number of hydrogen-bond acceptors (Lipinski definition) is 3. The molecule has 1 aromatic carbocycles. The summed E-state index contributed by atoms with van der Waals surface area (Å²) in [4.78, 5) is 0. The summed E-state index contributed by atoms with van der Waals surface area (Å²) < 4.78 is 11.6. The van der Waals surface area contributed by atoms with Crippen molar-refractivity contribution in [1.29, 1.82) is 0 Å². The van der Waals surface area contributed by atoms with Crippen LogP contribution in [-0.2, 0) is 0 Å². The molecule has 0 saturated heterocycles. The number of fused-ring (bicyclic) bond motifs is 1. The van der Waals surface area contributed by atoms with Crippen LogP contribution in [0.1, 0.15) is 33.6 Å². The average Bonchev–Trinajstić information content (AvgIpc) is 2.42. The van der Waals surface area contributed by atoms with Crippen molar-refractivity contribution >= 4 is 0 Å². The second-order valence-corrected chi connectivity index (χ2v) is 5.78. The molecule has 1 heterocycles. The van der Waals surface area contributed by atoms with Gasteiger partial charge >= 0.3 is 0 Å². The molecule has 0 saturated carbocycles. The fraction of sp³-hybridized carbons (Fsp3) is 0.625. The molecule has 2 unspecified atom stereocenters. The number of benzene rings is 1. The van der Waals surface area contributed by atoms with Crippen molar-refractivity contribution in [2.24, 2.45) is 5.92 Å². The van der Waals surface area contributed by atoms with Crippen LogP contribution in [0, 0.1) is 5.92 Å². The van der Waals surface area contributed by atoms with Crippen LogP contribution in [0.15, 0.2) is 24.3 Å². The van der Waals surface area contributed by atoms with Gasteiger partial charge in [0.1, 0.15) is 12.7 Å². The molecule has 1 aromatic rings. The fourth-order valence-electron chi connectivity index (χ4n) is 2.18. The molecule has 0 aliphatic carbocycles. The third-order valence-electron chi connectivity index (χ3n) is 3.44. The number of ether oxygens (including phenoxy) is 2. The van der Waals surface area contributed by atoms with Crippen molar-refractivity contribution in [3.63, 3.8) is 0 Å². The van der Waals surface area contributed by atoms with E-state index < -0.39 is 0 Å². The highest BCUT2D eigenvalue weighted by molar-refractivity contribution is 5.40. The lowest BCUT2D eigenvalue weighted by Crippen LogP contribution is -2.41. The molecule has 0 amide bonds. The smallest absolute Gasteiger partial charge is 0.161 e. The van der Waals surface area contributed by atoms with Gasteiger partial charge in [0.15, 0.2) is 11.5 Å². The van der Waals surface area contributed by atoms with Crippen molar-refractivity contribution in [2.45, 2.75) is 45.8 Å². The summed E-state index contributed by atoms with van der Waals surface area (Å²) in [6, 6.07) is 8.38. The number of rotatable bonds is 6. The van der Waals surface area contributed by atoms with Gasteiger partial charge in [-0.1, -0.05) is 26.0 Å². The van der Waals surface area contributed by atoms with Gasteiger partial charge < -0.3 is 14.8 Å². The molecule has 0 bridgehead atoms. The zero-order valence-electron chi connectivity index (χ0n) is 12.2. The summed E-state index contributed by atoms with van der Waals surface area (Å²) in [5.74, 6) is 2.48. The first kappa shape index (κ1) is 14.2. The lowest BCUT2D eigenvalue weighted by molar-refractivity contribution is 0.0882. The summed E-state index contributed by atoms with van der Waals surface area (Å²) in [7, 11) is 0. The molecule has 3 heteroatoms. The van der Waals surface area contributed by atoms with E-state index in [4.69, 9.17) is 9.47 Å². The zero-order valence-corrected chi connectivity index (χ0v) is 12.2. The maximum atomic E-state index is 5.92. The minimum Gasteiger partial charge on any atom is -0.486 e. The second-order valence-electron chi connectivity index (χ2n) is 5.78. The highest BCUT2D eigenvalue weighted by Gasteiger charge is 2.20. The molecule has 0 spiro atoms. The van der Waals surface area contributed by atoms with Crippen molar-refractivity contribution in [3.8, 4) is 11.5 Å². The molecule has 106 valence electrons. The number of hydrogen-bond donors (Lipinski definition) is 1. The standard InChI is InChI=1S/C16H25NO2/c1-12(2)8-9-13(3)17-10-14-11-18-15-6-4-5-7-16(15)19-14/h4-7,12-14,17H,8-11H2,1-3H3. The molecule has 0 aromatic heterocycles. The lowest BCUT2D eigenvalue weighted by atomic mass is 10.0. The first-order chi connectivity index (χ1) is 9.15. The van der Waals surface area contributed by atoms with E-state index in [1.165, 1.54) is 12.8 Å². The van der Waals surface area contributed by atoms with Gasteiger partial charge in [0, 0.05) is 12.6 Å². The third-order valence-corrected chi connectivity index (χ3v) is 3.44. The molecule has 1 N–H and O–H groups in total. The average molecular weight is 263 g/mol. The van der Waals surface area contributed by atoms with Gasteiger partial charge in [0.25, 0.3) is 0 Å². The van der Waals surface area contributed by atoms with E-state index in [0.717, 1.165) is 24.0 Å². The predicted octanol–water partition coefficient (Wildman–Crippen LogP) is 3.24. The van der Waals surface area contributed by atoms with E-state index >= 15 is 0 Å². The Hall–Kier alpha value is -1.22. The molecular formula is C16H25NO2. The number of nitrogens with one attached hydrogen (secondary N) is 1. The first-order valence-corrected chi connectivity index (χ1v) is 7.27. The molecule has 0 radical (unpaired) electrons. The highest BCUT2D eigenvalue weighted by atomic mass is 16.6.